The van der Waals surface area contributed by atoms with Gasteiger partial charge in [0.1, 0.15) is 0 Å². The van der Waals surface area contributed by atoms with E-state index in [1.54, 1.807) is 0 Å². The number of hydrogen-bond acceptors (Lipinski definition) is 3. The summed E-state index contributed by atoms with van der Waals surface area (Å²) in [5.74, 6) is 4.81. The summed E-state index contributed by atoms with van der Waals surface area (Å²) in [6.07, 6.45) is 4.79. The third-order valence-electron chi connectivity index (χ3n) is 2.21. The Bertz CT molecular complexity index is 214. The second-order valence-electron chi connectivity index (χ2n) is 2.87. The largest absolute Gasteiger partial charge is 0.366 e. The molecule has 0 spiro atoms. The third kappa shape index (κ3) is 0.948. The van der Waals surface area contributed by atoms with Crippen LogP contribution in [-0.2, 0) is 9.53 Å². The Morgan fingerprint density at radius 3 is 2.91 bits per heavy atom. The van der Waals surface area contributed by atoms with Crippen LogP contribution >= 0.6 is 0 Å². The van der Waals surface area contributed by atoms with Crippen molar-refractivity contribution in [2.45, 2.75) is 18.6 Å². The molecule has 0 radical (unpaired) electrons. The van der Waals surface area contributed by atoms with Crippen molar-refractivity contribution in [1.29, 1.82) is 0 Å². The molecular weight excluding hydrogens is 144 g/mol. The predicted octanol–water partition coefficient (Wildman–Crippen LogP) is -0.680. The number of nitrogens with two attached hydrogens (primary N) is 1. The fraction of sp³-hybridized carbons (Fsp3) is 0.571. The lowest BCUT2D eigenvalue weighted by atomic mass is 9.94. The fourth-order valence-electron chi connectivity index (χ4n) is 1.64. The van der Waals surface area contributed by atoms with E-state index in [9.17, 15) is 4.79 Å². The van der Waals surface area contributed by atoms with Crippen LogP contribution in [0.4, 0.5) is 0 Å². The van der Waals surface area contributed by atoms with Crippen LogP contribution < -0.4 is 11.3 Å². The molecule has 1 amide bonds. The average Bonchev–Trinajstić information content (AvgIpc) is 2.62. The number of amides is 1. The zero-order valence-corrected chi connectivity index (χ0v) is 5.99. The summed E-state index contributed by atoms with van der Waals surface area (Å²) in [6, 6.07) is 0. The van der Waals surface area contributed by atoms with Gasteiger partial charge in [-0.2, -0.15) is 0 Å². The molecule has 2 aliphatic heterocycles. The van der Waals surface area contributed by atoms with E-state index in [0.717, 1.165) is 6.42 Å². The lowest BCUT2D eigenvalue weighted by molar-refractivity contribution is -0.125. The van der Waals surface area contributed by atoms with Crippen LogP contribution in [0.3, 0.4) is 0 Å². The van der Waals surface area contributed by atoms with Gasteiger partial charge in [0.15, 0.2) is 0 Å². The number of carbonyl (C=O) groups excluding carboxylic acids is 1. The number of carbonyl (C=O) groups is 1. The predicted molar refractivity (Wildman–Crippen MR) is 38.2 cm³/mol. The van der Waals surface area contributed by atoms with Gasteiger partial charge in [0.05, 0.1) is 18.1 Å². The summed E-state index contributed by atoms with van der Waals surface area (Å²) in [7, 11) is 0. The van der Waals surface area contributed by atoms with Crippen molar-refractivity contribution in [3.8, 4) is 0 Å². The van der Waals surface area contributed by atoms with E-state index in [0.29, 0.717) is 0 Å². The Morgan fingerprint density at radius 2 is 2.45 bits per heavy atom. The van der Waals surface area contributed by atoms with Crippen LogP contribution in [0, 0.1) is 5.92 Å². The smallest absolute Gasteiger partial charge is 0.240 e. The molecular formula is C7H10N2O2. The van der Waals surface area contributed by atoms with E-state index in [4.69, 9.17) is 10.6 Å². The van der Waals surface area contributed by atoms with Gasteiger partial charge in [-0.05, 0) is 6.42 Å². The van der Waals surface area contributed by atoms with E-state index >= 15 is 0 Å². The Labute approximate surface area is 64.4 Å². The normalized spacial score (nSPS) is 39.5. The second kappa shape index (κ2) is 2.32. The second-order valence-corrected chi connectivity index (χ2v) is 2.87. The molecule has 3 atom stereocenters. The first kappa shape index (κ1) is 6.82. The minimum Gasteiger partial charge on any atom is -0.366 e. The Balaban J connectivity index is 2.08. The maximum absolute atomic E-state index is 11.1. The first-order valence-corrected chi connectivity index (χ1v) is 3.65. The maximum atomic E-state index is 11.1. The summed E-state index contributed by atoms with van der Waals surface area (Å²) in [5, 5.41) is 0. The highest BCUT2D eigenvalue weighted by molar-refractivity contribution is 5.79. The first-order chi connectivity index (χ1) is 5.31. The van der Waals surface area contributed by atoms with Gasteiger partial charge in [-0.15, -0.1) is 0 Å². The standard InChI is InChI=1S/C7H10N2O2/c8-9-7(10)5-3-4-1-2-6(5)11-4/h1-2,4-6H,3,8H2,(H,9,10)/t4-,5-,6-/m1/s1. The molecule has 0 aliphatic carbocycles. The van der Waals surface area contributed by atoms with Gasteiger partial charge in [-0.25, -0.2) is 5.84 Å². The summed E-state index contributed by atoms with van der Waals surface area (Å²) < 4.78 is 5.38. The molecule has 3 N–H and O–H groups in total. The van der Waals surface area contributed by atoms with Gasteiger partial charge < -0.3 is 4.74 Å². The molecule has 2 heterocycles. The Morgan fingerprint density at radius 1 is 1.64 bits per heavy atom. The SMILES string of the molecule is NNC(=O)[C@@H]1C[C@H]2C=C[C@H]1O2. The van der Waals surface area contributed by atoms with Gasteiger partial charge in [-0.1, -0.05) is 12.2 Å². The minimum absolute atomic E-state index is 0.0384. The minimum atomic E-state index is -0.123. The molecule has 60 valence electrons. The number of hydrogen-bond donors (Lipinski definition) is 2. The van der Waals surface area contributed by atoms with E-state index in [1.165, 1.54) is 0 Å². The number of fused-ring (bicyclic) bond motifs is 2. The zero-order chi connectivity index (χ0) is 7.84. The topological polar surface area (TPSA) is 64.3 Å². The molecule has 2 aliphatic rings. The van der Waals surface area contributed by atoms with E-state index < -0.39 is 0 Å². The van der Waals surface area contributed by atoms with Gasteiger partial charge in [0, 0.05) is 0 Å². The van der Waals surface area contributed by atoms with Gasteiger partial charge in [0.25, 0.3) is 0 Å². The van der Waals surface area contributed by atoms with Crippen LogP contribution in [0.5, 0.6) is 0 Å². The molecule has 0 saturated carbocycles. The van der Waals surface area contributed by atoms with Crippen molar-refractivity contribution in [3.63, 3.8) is 0 Å². The molecule has 2 rings (SSSR count). The average molecular weight is 154 g/mol. The zero-order valence-electron chi connectivity index (χ0n) is 5.99. The molecule has 1 saturated heterocycles. The molecule has 2 bridgehead atoms. The molecule has 0 aromatic rings. The highest BCUT2D eigenvalue weighted by Gasteiger charge is 2.40. The number of hydrazine groups is 1. The molecule has 1 fully saturated rings. The Kier molecular flexibility index (Phi) is 1.44. The van der Waals surface area contributed by atoms with Gasteiger partial charge in [0.2, 0.25) is 5.91 Å². The molecule has 0 aromatic carbocycles. The van der Waals surface area contributed by atoms with Crippen molar-refractivity contribution < 1.29 is 9.53 Å². The van der Waals surface area contributed by atoms with Crippen LogP contribution in [0.25, 0.3) is 0 Å². The van der Waals surface area contributed by atoms with Crippen LogP contribution in [0.2, 0.25) is 0 Å². The lowest BCUT2D eigenvalue weighted by Crippen LogP contribution is -2.39. The quantitative estimate of drug-likeness (QED) is 0.227. The summed E-state index contributed by atoms with van der Waals surface area (Å²) >= 11 is 0. The molecule has 11 heavy (non-hydrogen) atoms. The van der Waals surface area contributed by atoms with Crippen molar-refractivity contribution in [3.05, 3.63) is 12.2 Å². The number of rotatable bonds is 1. The summed E-state index contributed by atoms with van der Waals surface area (Å²) in [6.45, 7) is 0. The highest BCUT2D eigenvalue weighted by atomic mass is 16.5. The molecule has 0 aromatic heterocycles. The third-order valence-corrected chi connectivity index (χ3v) is 2.21. The van der Waals surface area contributed by atoms with Gasteiger partial charge >= 0.3 is 0 Å². The van der Waals surface area contributed by atoms with Crippen LogP contribution in [0.1, 0.15) is 6.42 Å². The van der Waals surface area contributed by atoms with E-state index in [2.05, 4.69) is 5.43 Å². The molecule has 4 nitrogen and oxygen atoms in total. The first-order valence-electron chi connectivity index (χ1n) is 3.65. The summed E-state index contributed by atoms with van der Waals surface area (Å²) in [4.78, 5) is 11.1. The van der Waals surface area contributed by atoms with Crippen molar-refractivity contribution in [2.75, 3.05) is 0 Å². The van der Waals surface area contributed by atoms with Crippen molar-refractivity contribution >= 4 is 5.91 Å². The lowest BCUT2D eigenvalue weighted by Gasteiger charge is -2.12. The monoisotopic (exact) mass is 154 g/mol. The molecule has 4 heteroatoms. The van der Waals surface area contributed by atoms with Crippen molar-refractivity contribution in [1.82, 2.24) is 5.43 Å². The van der Waals surface area contributed by atoms with E-state index in [-0.39, 0.29) is 24.0 Å². The highest BCUT2D eigenvalue weighted by Crippen LogP contribution is 2.33. The number of nitrogens with one attached hydrogen (secondary N) is 1. The van der Waals surface area contributed by atoms with Gasteiger partial charge in [-0.3, -0.25) is 10.2 Å². The summed E-state index contributed by atoms with van der Waals surface area (Å²) in [5.41, 5.74) is 2.14. The molecule has 0 unspecified atom stereocenters. The van der Waals surface area contributed by atoms with Crippen molar-refractivity contribution in [2.24, 2.45) is 11.8 Å². The van der Waals surface area contributed by atoms with Crippen LogP contribution in [0.15, 0.2) is 12.2 Å². The number of ether oxygens (including phenoxy) is 1. The van der Waals surface area contributed by atoms with Crippen LogP contribution in [-0.4, -0.2) is 18.1 Å². The maximum Gasteiger partial charge on any atom is 0.240 e. The Hall–Kier alpha value is -0.870. The fourth-order valence-corrected chi connectivity index (χ4v) is 1.64. The van der Waals surface area contributed by atoms with E-state index in [1.807, 2.05) is 12.2 Å².